The number of nitrogens with zero attached hydrogens (tertiary/aromatic N) is 1. The molecule has 0 radical (unpaired) electrons. The molecule has 0 aliphatic rings. The highest BCUT2D eigenvalue weighted by Crippen LogP contribution is 1.99. The Bertz CT molecular complexity index is 154. The quantitative estimate of drug-likeness (QED) is 0.593. The summed E-state index contributed by atoms with van der Waals surface area (Å²) in [6, 6.07) is 5.47. The summed E-state index contributed by atoms with van der Waals surface area (Å²) in [6.45, 7) is 0. The Labute approximate surface area is 58.8 Å². The van der Waals surface area contributed by atoms with Crippen LogP contribution in [0.4, 0.5) is 5.82 Å². The van der Waals surface area contributed by atoms with Crippen molar-refractivity contribution in [1.29, 1.82) is 0 Å². The number of hydrogen-bond donors (Lipinski definition) is 2. The second-order valence-corrected chi connectivity index (χ2v) is 1.50. The Hall–Kier alpha value is -0.800. The van der Waals surface area contributed by atoms with Gasteiger partial charge in [0.05, 0.1) is 0 Å². The van der Waals surface area contributed by atoms with Gasteiger partial charge in [-0.15, -0.1) is 0 Å². The molecular weight excluding hydrogens is 138 g/mol. The number of halogens is 1. The van der Waals surface area contributed by atoms with E-state index in [1.54, 1.807) is 12.3 Å². The summed E-state index contributed by atoms with van der Waals surface area (Å²) < 4.78 is 0. The normalized spacial score (nSPS) is 7.67. The van der Waals surface area contributed by atoms with E-state index < -0.39 is 0 Å². The molecule has 0 amide bonds. The van der Waals surface area contributed by atoms with Crippen molar-refractivity contribution in [2.75, 3.05) is 4.84 Å². The van der Waals surface area contributed by atoms with Gasteiger partial charge in [-0.1, -0.05) is 6.07 Å². The summed E-state index contributed by atoms with van der Waals surface area (Å²) in [7, 11) is 0. The van der Waals surface area contributed by atoms with Gasteiger partial charge in [-0.05, 0) is 12.1 Å². The molecule has 0 aromatic carbocycles. The Morgan fingerprint density at radius 1 is 1.44 bits per heavy atom. The maximum absolute atomic E-state index is 5.21. The van der Waals surface area contributed by atoms with Crippen molar-refractivity contribution >= 4 is 17.6 Å². The van der Waals surface area contributed by atoms with Gasteiger partial charge in [-0.3, -0.25) is 4.84 Å². The monoisotopic (exact) mass is 145 g/mol. The van der Waals surface area contributed by atoms with Crippen LogP contribution in [0.25, 0.3) is 0 Å². The van der Waals surface area contributed by atoms with Gasteiger partial charge in [0.2, 0.25) is 0 Å². The predicted molar refractivity (Wildman–Crippen MR) is 38.7 cm³/mol. The topological polar surface area (TPSA) is 59.9 Å². The summed E-state index contributed by atoms with van der Waals surface area (Å²) in [5.41, 5.74) is 0. The van der Waals surface area contributed by atoms with Gasteiger partial charge in [-0.25, -0.2) is 4.98 Å². The molecule has 1 aromatic heterocycles. The average Bonchev–Trinajstić information content (AvgIpc) is 1.90. The lowest BCUT2D eigenvalue weighted by molar-refractivity contribution is 1.34. The Morgan fingerprint density at radius 2 is 2.22 bits per heavy atom. The third kappa shape index (κ3) is 2.30. The lowest BCUT2D eigenvalue weighted by atomic mass is 10.5. The molecule has 3 nitrogen and oxygen atoms in total. The van der Waals surface area contributed by atoms with Gasteiger partial charge in [-0.2, -0.15) is 0 Å². The van der Waals surface area contributed by atoms with Crippen molar-refractivity contribution in [3.8, 4) is 0 Å². The molecule has 0 saturated carbocycles. The molecule has 1 rings (SSSR count). The first-order valence-electron chi connectivity index (χ1n) is 2.21. The molecule has 0 atom stereocenters. The molecular formula is C5H8ClN3. The van der Waals surface area contributed by atoms with Crippen LogP contribution in [-0.2, 0) is 0 Å². The minimum Gasteiger partial charge on any atom is -0.344 e. The maximum atomic E-state index is 5.21. The predicted octanol–water partition coefficient (Wildman–Crippen LogP) is 1.81. The number of nitrogens with one attached hydrogen (secondary N) is 1. The average molecular weight is 146 g/mol. The lowest BCUT2D eigenvalue weighted by Crippen LogP contribution is -1.81. The van der Waals surface area contributed by atoms with Crippen molar-refractivity contribution in [3.63, 3.8) is 0 Å². The fraction of sp³-hybridized carbons (Fsp3) is 0. The molecule has 1 aromatic rings. The van der Waals surface area contributed by atoms with E-state index >= 15 is 0 Å². The molecule has 0 spiro atoms. The van der Waals surface area contributed by atoms with Crippen LogP contribution in [0.2, 0.25) is 0 Å². The second kappa shape index (κ2) is 4.12. The van der Waals surface area contributed by atoms with Crippen molar-refractivity contribution < 1.29 is 0 Å². The van der Waals surface area contributed by atoms with Crippen LogP contribution in [-0.4, -0.2) is 4.98 Å². The minimum atomic E-state index is 0. The summed E-state index contributed by atoms with van der Waals surface area (Å²) in [5, 5.41) is 0. The third-order valence-electron chi connectivity index (χ3n) is 0.762. The fourth-order valence-corrected chi connectivity index (χ4v) is 0.530. The number of aromatic nitrogens is 1. The molecule has 0 unspecified atom stereocenters. The van der Waals surface area contributed by atoms with E-state index in [9.17, 15) is 0 Å². The Balaban J connectivity index is 0.000000640. The molecule has 50 valence electrons. The highest BCUT2D eigenvalue weighted by atomic mass is 35.5. The molecule has 0 aliphatic heterocycles. The highest BCUT2D eigenvalue weighted by Gasteiger charge is 1.81. The molecule has 0 bridgehead atoms. The molecule has 0 aliphatic carbocycles. The third-order valence-corrected chi connectivity index (χ3v) is 0.955. The van der Waals surface area contributed by atoms with E-state index in [4.69, 9.17) is 11.8 Å². The Kier molecular flexibility index (Phi) is 3.75. The maximum Gasteiger partial charge on any atom is 0.140 e. The number of hydrogen-bond acceptors (Lipinski definition) is 3. The lowest BCUT2D eigenvalue weighted by Gasteiger charge is -1.90. The minimum absolute atomic E-state index is 0. The van der Waals surface area contributed by atoms with Crippen LogP contribution in [0.1, 0.15) is 0 Å². The van der Waals surface area contributed by atoms with Gasteiger partial charge in [0.25, 0.3) is 0 Å². The van der Waals surface area contributed by atoms with Crippen molar-refractivity contribution in [2.45, 2.75) is 0 Å². The van der Waals surface area contributed by atoms with Crippen LogP contribution in [0, 0.1) is 0 Å². The zero-order valence-corrected chi connectivity index (χ0v) is 5.60. The molecule has 4 N–H and O–H groups in total. The van der Waals surface area contributed by atoms with Crippen LogP contribution in [0.3, 0.4) is 0 Å². The van der Waals surface area contributed by atoms with Crippen molar-refractivity contribution in [3.05, 3.63) is 24.4 Å². The van der Waals surface area contributed by atoms with E-state index in [-0.39, 0.29) is 6.15 Å². The summed E-state index contributed by atoms with van der Waals surface area (Å²) >= 11 is 5.21. The first kappa shape index (κ1) is 8.20. The Morgan fingerprint density at radius 3 is 2.56 bits per heavy atom. The van der Waals surface area contributed by atoms with Gasteiger partial charge < -0.3 is 6.15 Å². The largest absolute Gasteiger partial charge is 0.344 e. The number of rotatable bonds is 1. The molecule has 1 heterocycles. The van der Waals surface area contributed by atoms with Crippen LogP contribution >= 0.6 is 11.8 Å². The van der Waals surface area contributed by atoms with Gasteiger partial charge in [0.1, 0.15) is 5.82 Å². The second-order valence-electron chi connectivity index (χ2n) is 1.31. The van der Waals surface area contributed by atoms with Crippen LogP contribution in [0.5, 0.6) is 0 Å². The molecule has 4 heteroatoms. The first-order chi connectivity index (χ1) is 3.93. The molecule has 0 fully saturated rings. The summed E-state index contributed by atoms with van der Waals surface area (Å²) in [5.74, 6) is 0.675. The molecule has 9 heavy (non-hydrogen) atoms. The van der Waals surface area contributed by atoms with Gasteiger partial charge >= 0.3 is 0 Å². The van der Waals surface area contributed by atoms with E-state index in [2.05, 4.69) is 9.82 Å². The van der Waals surface area contributed by atoms with Gasteiger partial charge in [0.15, 0.2) is 0 Å². The van der Waals surface area contributed by atoms with Crippen LogP contribution in [0.15, 0.2) is 24.4 Å². The van der Waals surface area contributed by atoms with Crippen LogP contribution < -0.4 is 11.0 Å². The standard InChI is InChI=1S/C5H5ClN2.H3N/c6-8-5-3-1-2-4-7-5;/h1-4H,(H,7,8);1H3. The highest BCUT2D eigenvalue weighted by molar-refractivity contribution is 6.23. The smallest absolute Gasteiger partial charge is 0.140 e. The fourth-order valence-electron chi connectivity index (χ4n) is 0.419. The van der Waals surface area contributed by atoms with E-state index in [1.807, 2.05) is 12.1 Å². The van der Waals surface area contributed by atoms with E-state index in [1.165, 1.54) is 0 Å². The first-order valence-corrected chi connectivity index (χ1v) is 2.59. The van der Waals surface area contributed by atoms with E-state index in [0.717, 1.165) is 0 Å². The summed E-state index contributed by atoms with van der Waals surface area (Å²) in [6.07, 6.45) is 1.67. The number of pyridine rings is 1. The number of anilines is 1. The zero-order valence-electron chi connectivity index (χ0n) is 4.84. The van der Waals surface area contributed by atoms with E-state index in [0.29, 0.717) is 5.82 Å². The zero-order chi connectivity index (χ0) is 5.82. The molecule has 0 saturated heterocycles. The summed E-state index contributed by atoms with van der Waals surface area (Å²) in [4.78, 5) is 6.24. The van der Waals surface area contributed by atoms with Crippen molar-refractivity contribution in [2.24, 2.45) is 0 Å². The van der Waals surface area contributed by atoms with Crippen molar-refractivity contribution in [1.82, 2.24) is 11.1 Å². The SMILES string of the molecule is ClNc1ccccn1.N. The van der Waals surface area contributed by atoms with Gasteiger partial charge in [0, 0.05) is 18.0 Å².